The summed E-state index contributed by atoms with van der Waals surface area (Å²) in [4.78, 5) is 12.0. The summed E-state index contributed by atoms with van der Waals surface area (Å²) in [5.41, 5.74) is -0.395. The molecule has 0 bridgehead atoms. The Morgan fingerprint density at radius 3 is 2.41 bits per heavy atom. The number of rotatable bonds is 7. The molecule has 6 nitrogen and oxygen atoms in total. The van der Waals surface area contributed by atoms with E-state index in [0.717, 1.165) is 12.1 Å². The second-order valence-electron chi connectivity index (χ2n) is 6.62. The predicted octanol–water partition coefficient (Wildman–Crippen LogP) is 3.72. The molecule has 0 saturated heterocycles. The first-order valence-corrected chi connectivity index (χ1v) is 10.1. The third kappa shape index (κ3) is 6.47. The molecule has 0 aliphatic heterocycles. The summed E-state index contributed by atoms with van der Waals surface area (Å²) in [6, 6.07) is 8.15. The second kappa shape index (κ2) is 8.83. The van der Waals surface area contributed by atoms with Gasteiger partial charge in [0, 0.05) is 11.7 Å². The van der Waals surface area contributed by atoms with Gasteiger partial charge in [0.25, 0.3) is 5.91 Å². The zero-order valence-electron chi connectivity index (χ0n) is 16.0. The minimum absolute atomic E-state index is 0.00801. The summed E-state index contributed by atoms with van der Waals surface area (Å²) in [5.74, 6) is -0.366. The van der Waals surface area contributed by atoms with Gasteiger partial charge in [0.2, 0.25) is 10.0 Å². The van der Waals surface area contributed by atoms with Gasteiger partial charge < -0.3 is 10.1 Å². The monoisotopic (exact) mass is 430 g/mol. The second-order valence-corrected chi connectivity index (χ2v) is 8.33. The molecule has 29 heavy (non-hydrogen) atoms. The number of sulfonamides is 1. The number of hydrogen-bond acceptors (Lipinski definition) is 4. The average molecular weight is 430 g/mol. The zero-order valence-corrected chi connectivity index (χ0v) is 16.8. The van der Waals surface area contributed by atoms with E-state index >= 15 is 0 Å². The van der Waals surface area contributed by atoms with E-state index in [4.69, 9.17) is 4.74 Å². The molecule has 0 atom stereocenters. The fraction of sp³-hybridized carbons (Fsp3) is 0.316. The topological polar surface area (TPSA) is 84.5 Å². The van der Waals surface area contributed by atoms with Crippen molar-refractivity contribution in [3.05, 3.63) is 53.6 Å². The summed E-state index contributed by atoms with van der Waals surface area (Å²) >= 11 is 0. The number of hydrogen-bond donors (Lipinski definition) is 2. The van der Waals surface area contributed by atoms with Crippen LogP contribution >= 0.6 is 0 Å². The van der Waals surface area contributed by atoms with Crippen molar-refractivity contribution >= 4 is 21.6 Å². The highest BCUT2D eigenvalue weighted by molar-refractivity contribution is 7.89. The molecule has 0 spiro atoms. The van der Waals surface area contributed by atoms with Gasteiger partial charge in [-0.1, -0.05) is 6.07 Å². The van der Waals surface area contributed by atoms with Crippen LogP contribution in [-0.4, -0.2) is 27.0 Å². The average Bonchev–Trinajstić information content (AvgIpc) is 2.59. The first-order valence-electron chi connectivity index (χ1n) is 8.61. The van der Waals surface area contributed by atoms with Gasteiger partial charge in [-0.25, -0.2) is 13.1 Å². The number of nitrogens with one attached hydrogen (secondary N) is 2. The third-order valence-corrected chi connectivity index (χ3v) is 5.34. The standard InChI is InChI=1S/C19H21F3N2O4S/c1-12(2)24-29(26,27)16-7-8-17(13(3)9-16)28-11-18(25)23-15-6-4-5-14(10-15)19(20,21)22/h4-10,12,24H,11H2,1-3H3,(H,23,25). The number of anilines is 1. The molecule has 10 heteroatoms. The van der Waals surface area contributed by atoms with Crippen molar-refractivity contribution in [2.45, 2.75) is 37.9 Å². The lowest BCUT2D eigenvalue weighted by Crippen LogP contribution is -2.30. The molecule has 0 heterocycles. The van der Waals surface area contributed by atoms with Gasteiger partial charge in [0.15, 0.2) is 6.61 Å². The van der Waals surface area contributed by atoms with Crippen LogP contribution in [0.4, 0.5) is 18.9 Å². The van der Waals surface area contributed by atoms with Crippen LogP contribution in [0.2, 0.25) is 0 Å². The van der Waals surface area contributed by atoms with Crippen LogP contribution in [0.5, 0.6) is 5.75 Å². The molecule has 2 N–H and O–H groups in total. The first-order chi connectivity index (χ1) is 13.4. The van der Waals surface area contributed by atoms with Gasteiger partial charge in [0.05, 0.1) is 10.5 Å². The van der Waals surface area contributed by atoms with Crippen LogP contribution in [0, 0.1) is 6.92 Å². The summed E-state index contributed by atoms with van der Waals surface area (Å²) < 4.78 is 70.3. The van der Waals surface area contributed by atoms with Crippen molar-refractivity contribution in [2.75, 3.05) is 11.9 Å². The quantitative estimate of drug-likeness (QED) is 0.701. The Kier molecular flexibility index (Phi) is 6.91. The van der Waals surface area contributed by atoms with E-state index in [2.05, 4.69) is 10.0 Å². The third-order valence-electron chi connectivity index (χ3n) is 3.68. The van der Waals surface area contributed by atoms with Crippen molar-refractivity contribution in [1.82, 2.24) is 4.72 Å². The van der Waals surface area contributed by atoms with Gasteiger partial charge in [-0.2, -0.15) is 13.2 Å². The molecule has 158 valence electrons. The normalized spacial score (nSPS) is 12.1. The zero-order chi connectivity index (χ0) is 21.8. The van der Waals surface area contributed by atoms with E-state index in [9.17, 15) is 26.4 Å². The maximum absolute atomic E-state index is 12.7. The molecule has 2 aromatic carbocycles. The number of amides is 1. The number of benzene rings is 2. The Morgan fingerprint density at radius 1 is 1.14 bits per heavy atom. The van der Waals surface area contributed by atoms with Crippen molar-refractivity contribution in [3.63, 3.8) is 0 Å². The number of carbonyl (C=O) groups excluding carboxylic acids is 1. The van der Waals surface area contributed by atoms with Gasteiger partial charge in [-0.3, -0.25) is 4.79 Å². The fourth-order valence-electron chi connectivity index (χ4n) is 2.44. The number of alkyl halides is 3. The Bertz CT molecular complexity index is 989. The van der Waals surface area contributed by atoms with E-state index in [1.54, 1.807) is 20.8 Å². The largest absolute Gasteiger partial charge is 0.483 e. The van der Waals surface area contributed by atoms with Crippen molar-refractivity contribution < 1.29 is 31.1 Å². The van der Waals surface area contributed by atoms with Crippen LogP contribution in [0.3, 0.4) is 0 Å². The minimum atomic E-state index is -4.51. The molecule has 2 aromatic rings. The number of aryl methyl sites for hydroxylation is 1. The molecular weight excluding hydrogens is 409 g/mol. The molecule has 2 rings (SSSR count). The van der Waals surface area contributed by atoms with Gasteiger partial charge in [0.1, 0.15) is 5.75 Å². The first kappa shape index (κ1) is 22.7. The predicted molar refractivity (Wildman–Crippen MR) is 102 cm³/mol. The van der Waals surface area contributed by atoms with E-state index in [1.165, 1.54) is 30.3 Å². The molecular formula is C19H21F3N2O4S. The summed E-state index contributed by atoms with van der Waals surface area (Å²) in [5, 5.41) is 2.33. The Labute approximate surface area is 167 Å². The maximum atomic E-state index is 12.7. The van der Waals surface area contributed by atoms with E-state index in [0.29, 0.717) is 5.56 Å². The van der Waals surface area contributed by atoms with Crippen LogP contribution in [-0.2, 0) is 21.0 Å². The van der Waals surface area contributed by atoms with E-state index < -0.39 is 34.3 Å². The maximum Gasteiger partial charge on any atom is 0.416 e. The number of halogens is 3. The van der Waals surface area contributed by atoms with Gasteiger partial charge in [-0.05, 0) is 62.7 Å². The summed E-state index contributed by atoms with van der Waals surface area (Å²) in [6.07, 6.45) is -4.51. The molecule has 0 aromatic heterocycles. The Balaban J connectivity index is 2.02. The highest BCUT2D eigenvalue weighted by Crippen LogP contribution is 2.30. The number of ether oxygens (including phenoxy) is 1. The van der Waals surface area contributed by atoms with Crippen LogP contribution in [0.25, 0.3) is 0 Å². The molecule has 0 fully saturated rings. The molecule has 0 saturated carbocycles. The lowest BCUT2D eigenvalue weighted by Gasteiger charge is -2.13. The fourth-order valence-corrected chi connectivity index (χ4v) is 3.78. The Hall–Kier alpha value is -2.59. The molecule has 0 radical (unpaired) electrons. The molecule has 0 aliphatic carbocycles. The lowest BCUT2D eigenvalue weighted by molar-refractivity contribution is -0.137. The van der Waals surface area contributed by atoms with E-state index in [1.807, 2.05) is 0 Å². The van der Waals surface area contributed by atoms with Crippen molar-refractivity contribution in [1.29, 1.82) is 0 Å². The van der Waals surface area contributed by atoms with Crippen LogP contribution in [0.15, 0.2) is 47.4 Å². The van der Waals surface area contributed by atoms with Crippen molar-refractivity contribution in [2.24, 2.45) is 0 Å². The van der Waals surface area contributed by atoms with Crippen LogP contribution < -0.4 is 14.8 Å². The van der Waals surface area contributed by atoms with Crippen molar-refractivity contribution in [3.8, 4) is 5.75 Å². The lowest BCUT2D eigenvalue weighted by atomic mass is 10.2. The van der Waals surface area contributed by atoms with E-state index in [-0.39, 0.29) is 22.4 Å². The molecule has 1 amide bonds. The highest BCUT2D eigenvalue weighted by atomic mass is 32.2. The minimum Gasteiger partial charge on any atom is -0.483 e. The SMILES string of the molecule is Cc1cc(S(=O)(=O)NC(C)C)ccc1OCC(=O)Nc1cccc(C(F)(F)F)c1. The van der Waals surface area contributed by atoms with Gasteiger partial charge >= 0.3 is 6.18 Å². The number of carbonyl (C=O) groups is 1. The summed E-state index contributed by atoms with van der Waals surface area (Å²) in [6.45, 7) is 4.57. The Morgan fingerprint density at radius 2 is 1.83 bits per heavy atom. The van der Waals surface area contributed by atoms with Crippen LogP contribution in [0.1, 0.15) is 25.0 Å². The molecule has 0 unspecified atom stereocenters. The highest BCUT2D eigenvalue weighted by Gasteiger charge is 2.30. The molecule has 0 aliphatic rings. The smallest absolute Gasteiger partial charge is 0.416 e. The van der Waals surface area contributed by atoms with Gasteiger partial charge in [-0.15, -0.1) is 0 Å². The summed E-state index contributed by atoms with van der Waals surface area (Å²) in [7, 11) is -3.66.